The molecule has 1 aromatic carbocycles. The van der Waals surface area contributed by atoms with Gasteiger partial charge >= 0.3 is 0 Å². The van der Waals surface area contributed by atoms with Crippen molar-refractivity contribution in [2.24, 2.45) is 0 Å². The number of hydrogen-bond donors (Lipinski definition) is 3. The van der Waals surface area contributed by atoms with Crippen LogP contribution in [0.1, 0.15) is 16.7 Å². The Morgan fingerprint density at radius 2 is 1.45 bits per heavy atom. The van der Waals surface area contributed by atoms with Gasteiger partial charge in [-0.15, -0.1) is 10.2 Å². The predicted molar refractivity (Wildman–Crippen MR) is 115 cm³/mol. The van der Waals surface area contributed by atoms with Crippen molar-refractivity contribution >= 4 is 27.5 Å². The molecule has 9 heteroatoms. The van der Waals surface area contributed by atoms with E-state index in [9.17, 15) is 8.42 Å². The van der Waals surface area contributed by atoms with Crippen molar-refractivity contribution in [1.29, 1.82) is 0 Å². The molecule has 152 valence electrons. The van der Waals surface area contributed by atoms with Crippen LogP contribution in [0.5, 0.6) is 0 Å². The summed E-state index contributed by atoms with van der Waals surface area (Å²) in [6, 6.07) is 14.8. The van der Waals surface area contributed by atoms with Crippen molar-refractivity contribution in [2.75, 3.05) is 23.7 Å². The van der Waals surface area contributed by atoms with E-state index in [1.165, 1.54) is 0 Å². The summed E-state index contributed by atoms with van der Waals surface area (Å²) in [6.45, 7) is 4.59. The smallest absolute Gasteiger partial charge is 0.215 e. The van der Waals surface area contributed by atoms with Gasteiger partial charge in [0, 0.05) is 19.3 Å². The Hall–Kier alpha value is -3.04. The molecule has 8 nitrogen and oxygen atoms in total. The van der Waals surface area contributed by atoms with Crippen molar-refractivity contribution in [2.45, 2.75) is 19.6 Å². The minimum absolute atomic E-state index is 0.0412. The fourth-order valence-corrected chi connectivity index (χ4v) is 3.66. The number of aromatic nitrogens is 3. The zero-order valence-electron chi connectivity index (χ0n) is 16.4. The van der Waals surface area contributed by atoms with Gasteiger partial charge in [0.2, 0.25) is 10.0 Å². The van der Waals surface area contributed by atoms with Crippen LogP contribution in [0.25, 0.3) is 0 Å². The quantitative estimate of drug-likeness (QED) is 0.464. The zero-order valence-corrected chi connectivity index (χ0v) is 17.2. The standard InChI is InChI=1S/C20H24N6O2S/c1-15-3-6-17(7-4-15)14-29(27,28)23-12-11-21-19-9-10-20(26-25-19)24-18-8-5-16(2)13-22-18/h3-10,13,23H,11-12,14H2,1-2H3,(H,21,25)(H,22,24,26). The summed E-state index contributed by atoms with van der Waals surface area (Å²) in [5.74, 6) is 1.78. The fraction of sp³-hybridized carbons (Fsp3) is 0.250. The zero-order chi connectivity index (χ0) is 20.7. The van der Waals surface area contributed by atoms with Crippen LogP contribution >= 0.6 is 0 Å². The molecule has 0 radical (unpaired) electrons. The SMILES string of the molecule is Cc1ccc(CS(=O)(=O)NCCNc2ccc(Nc3ccc(C)cn3)nn2)cc1. The van der Waals surface area contributed by atoms with Gasteiger partial charge in [-0.05, 0) is 43.2 Å². The third kappa shape index (κ3) is 6.81. The second-order valence-electron chi connectivity index (χ2n) is 6.72. The Morgan fingerprint density at radius 1 is 0.793 bits per heavy atom. The van der Waals surface area contributed by atoms with Crippen LogP contribution < -0.4 is 15.4 Å². The summed E-state index contributed by atoms with van der Waals surface area (Å²) in [5.41, 5.74) is 2.93. The van der Waals surface area contributed by atoms with Crippen molar-refractivity contribution in [3.05, 3.63) is 71.4 Å². The second kappa shape index (κ2) is 9.44. The number of pyridine rings is 1. The molecule has 0 aliphatic heterocycles. The average Bonchev–Trinajstić information content (AvgIpc) is 2.70. The molecule has 2 heterocycles. The molecular formula is C20H24N6O2S. The molecular weight excluding hydrogens is 388 g/mol. The van der Waals surface area contributed by atoms with Gasteiger partial charge in [-0.1, -0.05) is 35.9 Å². The predicted octanol–water partition coefficient (Wildman–Crippen LogP) is 2.76. The molecule has 0 amide bonds. The first-order valence-electron chi connectivity index (χ1n) is 9.20. The number of anilines is 3. The summed E-state index contributed by atoms with van der Waals surface area (Å²) in [5, 5.41) is 14.3. The number of nitrogens with zero attached hydrogens (tertiary/aromatic N) is 3. The maximum atomic E-state index is 12.2. The van der Waals surface area contributed by atoms with Crippen LogP contribution in [-0.4, -0.2) is 36.7 Å². The largest absolute Gasteiger partial charge is 0.367 e. The third-order valence-electron chi connectivity index (χ3n) is 4.06. The maximum Gasteiger partial charge on any atom is 0.215 e. The fourth-order valence-electron chi connectivity index (χ4n) is 2.52. The molecule has 0 saturated carbocycles. The normalized spacial score (nSPS) is 11.2. The molecule has 2 aromatic heterocycles. The number of rotatable bonds is 9. The van der Waals surface area contributed by atoms with Crippen LogP contribution in [0.15, 0.2) is 54.7 Å². The topological polar surface area (TPSA) is 109 Å². The molecule has 0 saturated heterocycles. The molecule has 0 unspecified atom stereocenters. The number of nitrogens with one attached hydrogen (secondary N) is 3. The minimum Gasteiger partial charge on any atom is -0.367 e. The summed E-state index contributed by atoms with van der Waals surface area (Å²) in [4.78, 5) is 4.25. The number of hydrogen-bond acceptors (Lipinski definition) is 7. The monoisotopic (exact) mass is 412 g/mol. The Balaban J connectivity index is 1.43. The van der Waals surface area contributed by atoms with E-state index in [0.29, 0.717) is 24.0 Å². The second-order valence-corrected chi connectivity index (χ2v) is 8.52. The summed E-state index contributed by atoms with van der Waals surface area (Å²) in [7, 11) is -3.39. The van der Waals surface area contributed by atoms with Crippen molar-refractivity contribution in [3.8, 4) is 0 Å². The van der Waals surface area contributed by atoms with E-state index in [0.717, 1.165) is 16.7 Å². The summed E-state index contributed by atoms with van der Waals surface area (Å²) in [6.07, 6.45) is 1.77. The lowest BCUT2D eigenvalue weighted by molar-refractivity contribution is 0.582. The van der Waals surface area contributed by atoms with E-state index in [1.807, 2.05) is 50.2 Å². The molecule has 0 spiro atoms. The highest BCUT2D eigenvalue weighted by Crippen LogP contribution is 2.12. The number of sulfonamides is 1. The Morgan fingerprint density at radius 3 is 2.10 bits per heavy atom. The lowest BCUT2D eigenvalue weighted by atomic mass is 10.2. The molecule has 0 aliphatic carbocycles. The van der Waals surface area contributed by atoms with E-state index in [4.69, 9.17) is 0 Å². The molecule has 0 fully saturated rings. The van der Waals surface area contributed by atoms with Crippen LogP contribution in [0.4, 0.5) is 17.5 Å². The van der Waals surface area contributed by atoms with Crippen molar-refractivity contribution < 1.29 is 8.42 Å². The van der Waals surface area contributed by atoms with Crippen molar-refractivity contribution in [3.63, 3.8) is 0 Å². The van der Waals surface area contributed by atoms with Crippen LogP contribution in [0.3, 0.4) is 0 Å². The summed E-state index contributed by atoms with van der Waals surface area (Å²) >= 11 is 0. The van der Waals surface area contributed by atoms with Crippen molar-refractivity contribution in [1.82, 2.24) is 19.9 Å². The van der Waals surface area contributed by atoms with Gasteiger partial charge in [0.05, 0.1) is 5.75 Å². The molecule has 0 atom stereocenters. The first-order valence-corrected chi connectivity index (χ1v) is 10.8. The third-order valence-corrected chi connectivity index (χ3v) is 5.42. The maximum absolute atomic E-state index is 12.2. The lowest BCUT2D eigenvalue weighted by Gasteiger charge is -2.09. The van der Waals surface area contributed by atoms with E-state index < -0.39 is 10.0 Å². The van der Waals surface area contributed by atoms with Gasteiger partial charge in [-0.2, -0.15) is 0 Å². The van der Waals surface area contributed by atoms with Crippen LogP contribution in [-0.2, 0) is 15.8 Å². The molecule has 3 N–H and O–H groups in total. The van der Waals surface area contributed by atoms with Gasteiger partial charge in [-0.3, -0.25) is 0 Å². The molecule has 0 aliphatic rings. The lowest BCUT2D eigenvalue weighted by Crippen LogP contribution is -2.30. The van der Waals surface area contributed by atoms with Gasteiger partial charge < -0.3 is 10.6 Å². The highest BCUT2D eigenvalue weighted by atomic mass is 32.2. The highest BCUT2D eigenvalue weighted by molar-refractivity contribution is 7.88. The van der Waals surface area contributed by atoms with Gasteiger partial charge in [0.25, 0.3) is 0 Å². The first-order chi connectivity index (χ1) is 13.9. The van der Waals surface area contributed by atoms with E-state index >= 15 is 0 Å². The molecule has 29 heavy (non-hydrogen) atoms. The average molecular weight is 413 g/mol. The van der Waals surface area contributed by atoms with Gasteiger partial charge in [0.15, 0.2) is 5.82 Å². The number of benzene rings is 1. The van der Waals surface area contributed by atoms with Crippen LogP contribution in [0, 0.1) is 13.8 Å². The van der Waals surface area contributed by atoms with E-state index in [1.54, 1.807) is 18.3 Å². The highest BCUT2D eigenvalue weighted by Gasteiger charge is 2.10. The first kappa shape index (κ1) is 20.7. The summed E-state index contributed by atoms with van der Waals surface area (Å²) < 4.78 is 26.9. The minimum atomic E-state index is -3.39. The molecule has 3 rings (SSSR count). The molecule has 3 aromatic rings. The van der Waals surface area contributed by atoms with Crippen LogP contribution in [0.2, 0.25) is 0 Å². The Kier molecular flexibility index (Phi) is 6.73. The number of aryl methyl sites for hydroxylation is 2. The molecule has 0 bridgehead atoms. The van der Waals surface area contributed by atoms with E-state index in [2.05, 4.69) is 30.5 Å². The Labute approximate surface area is 170 Å². The van der Waals surface area contributed by atoms with E-state index in [-0.39, 0.29) is 12.3 Å². The van der Waals surface area contributed by atoms with Gasteiger partial charge in [-0.25, -0.2) is 18.1 Å². The Bertz CT molecular complexity index is 1020. The van der Waals surface area contributed by atoms with Gasteiger partial charge in [0.1, 0.15) is 11.6 Å².